The highest BCUT2D eigenvalue weighted by Crippen LogP contribution is 2.00. The molecule has 0 aliphatic rings. The average Bonchev–Trinajstić information content (AvgIpc) is 2.81. The van der Waals surface area contributed by atoms with E-state index in [1.54, 1.807) is 6.20 Å². The second-order valence-corrected chi connectivity index (χ2v) is 3.89. The number of hydrogen-bond acceptors (Lipinski definition) is 3. The van der Waals surface area contributed by atoms with Gasteiger partial charge in [-0.1, -0.05) is 30.3 Å². The molecule has 1 aromatic heterocycles. The highest BCUT2D eigenvalue weighted by molar-refractivity contribution is 5.73. The maximum atomic E-state index is 11.5. The van der Waals surface area contributed by atoms with Crippen molar-refractivity contribution in [3.63, 3.8) is 0 Å². The second kappa shape index (κ2) is 5.86. The number of aryl methyl sites for hydroxylation is 1. The third kappa shape index (κ3) is 3.62. The molecule has 2 N–H and O–H groups in total. The number of aromatic nitrogens is 1. The molecule has 0 aliphatic carbocycles. The van der Waals surface area contributed by atoms with Crippen molar-refractivity contribution in [1.29, 1.82) is 0 Å². The van der Waals surface area contributed by atoms with Crippen LogP contribution in [0.1, 0.15) is 17.2 Å². The maximum Gasteiger partial charge on any atom is 0.315 e. The summed E-state index contributed by atoms with van der Waals surface area (Å²) in [4.78, 5) is 15.5. The Labute approximate surface area is 105 Å². The van der Waals surface area contributed by atoms with Crippen LogP contribution in [-0.2, 0) is 13.1 Å². The third-order valence-electron chi connectivity index (χ3n) is 2.37. The molecule has 2 aromatic rings. The Balaban J connectivity index is 1.73. The minimum atomic E-state index is -0.241. The Hall–Kier alpha value is -2.30. The molecule has 0 unspecified atom stereocenters. The molecule has 0 bridgehead atoms. The predicted molar refractivity (Wildman–Crippen MR) is 66.8 cm³/mol. The lowest BCUT2D eigenvalue weighted by Gasteiger charge is -2.05. The van der Waals surface area contributed by atoms with Crippen molar-refractivity contribution in [2.24, 2.45) is 0 Å². The fourth-order valence-corrected chi connectivity index (χ4v) is 1.48. The highest BCUT2D eigenvalue weighted by atomic mass is 16.4. The lowest BCUT2D eigenvalue weighted by atomic mass is 10.2. The van der Waals surface area contributed by atoms with Crippen molar-refractivity contribution in [2.75, 3.05) is 0 Å². The fraction of sp³-hybridized carbons (Fsp3) is 0.231. The molecule has 0 radical (unpaired) electrons. The molecule has 0 atom stereocenters. The molecule has 2 rings (SSSR count). The van der Waals surface area contributed by atoms with Crippen LogP contribution in [0.15, 0.2) is 40.9 Å². The van der Waals surface area contributed by atoms with Crippen molar-refractivity contribution >= 4 is 6.03 Å². The number of hydrogen-bond donors (Lipinski definition) is 2. The number of amides is 2. The predicted octanol–water partition coefficient (Wildman–Crippen LogP) is 1.98. The number of benzene rings is 1. The summed E-state index contributed by atoms with van der Waals surface area (Å²) in [7, 11) is 0. The first-order chi connectivity index (χ1) is 8.74. The SMILES string of the molecule is Cc1cnc(CNC(=O)NCc2ccccc2)o1. The van der Waals surface area contributed by atoms with E-state index in [1.165, 1.54) is 0 Å². The average molecular weight is 245 g/mol. The Bertz CT molecular complexity index is 508. The topological polar surface area (TPSA) is 67.2 Å². The zero-order valence-corrected chi connectivity index (χ0v) is 10.1. The molecular formula is C13H15N3O2. The molecule has 2 amide bonds. The van der Waals surface area contributed by atoms with Crippen molar-refractivity contribution in [3.05, 3.63) is 53.7 Å². The first-order valence-corrected chi connectivity index (χ1v) is 5.71. The minimum absolute atomic E-state index is 0.241. The molecule has 5 nitrogen and oxygen atoms in total. The van der Waals surface area contributed by atoms with Crippen molar-refractivity contribution < 1.29 is 9.21 Å². The number of carbonyl (C=O) groups is 1. The van der Waals surface area contributed by atoms with Gasteiger partial charge in [-0.3, -0.25) is 0 Å². The second-order valence-electron chi connectivity index (χ2n) is 3.89. The van der Waals surface area contributed by atoms with E-state index in [9.17, 15) is 4.79 Å². The van der Waals surface area contributed by atoms with Crippen molar-refractivity contribution in [1.82, 2.24) is 15.6 Å². The van der Waals surface area contributed by atoms with Gasteiger partial charge < -0.3 is 15.1 Å². The Kier molecular flexibility index (Phi) is 3.96. The van der Waals surface area contributed by atoms with Gasteiger partial charge in [0.15, 0.2) is 0 Å². The van der Waals surface area contributed by atoms with Gasteiger partial charge in [0.1, 0.15) is 5.76 Å². The van der Waals surface area contributed by atoms with Gasteiger partial charge in [-0.25, -0.2) is 9.78 Å². The van der Waals surface area contributed by atoms with Crippen LogP contribution in [0.5, 0.6) is 0 Å². The first kappa shape index (κ1) is 12.2. The lowest BCUT2D eigenvalue weighted by molar-refractivity contribution is 0.239. The zero-order valence-electron chi connectivity index (χ0n) is 10.1. The van der Waals surface area contributed by atoms with Gasteiger partial charge in [-0.2, -0.15) is 0 Å². The quantitative estimate of drug-likeness (QED) is 0.865. The lowest BCUT2D eigenvalue weighted by Crippen LogP contribution is -2.34. The molecule has 0 saturated heterocycles. The molecule has 0 saturated carbocycles. The summed E-state index contributed by atoms with van der Waals surface area (Å²) in [6, 6.07) is 9.48. The van der Waals surface area contributed by atoms with Gasteiger partial charge in [0.05, 0.1) is 12.7 Å². The van der Waals surface area contributed by atoms with Crippen LogP contribution < -0.4 is 10.6 Å². The number of nitrogens with one attached hydrogen (secondary N) is 2. The third-order valence-corrected chi connectivity index (χ3v) is 2.37. The zero-order chi connectivity index (χ0) is 12.8. The Morgan fingerprint density at radius 3 is 2.61 bits per heavy atom. The van der Waals surface area contributed by atoms with Gasteiger partial charge in [0.25, 0.3) is 0 Å². The van der Waals surface area contributed by atoms with E-state index < -0.39 is 0 Å². The highest BCUT2D eigenvalue weighted by Gasteiger charge is 2.03. The first-order valence-electron chi connectivity index (χ1n) is 5.71. The van der Waals surface area contributed by atoms with E-state index in [0.29, 0.717) is 12.4 Å². The molecule has 18 heavy (non-hydrogen) atoms. The van der Waals surface area contributed by atoms with Crippen LogP contribution in [0, 0.1) is 6.92 Å². The van der Waals surface area contributed by atoms with Crippen molar-refractivity contribution in [3.8, 4) is 0 Å². The van der Waals surface area contributed by atoms with Crippen LogP contribution in [0.2, 0.25) is 0 Å². The molecule has 0 spiro atoms. The van der Waals surface area contributed by atoms with Crippen LogP contribution in [0.25, 0.3) is 0 Å². The van der Waals surface area contributed by atoms with E-state index in [1.807, 2.05) is 37.3 Å². The number of rotatable bonds is 4. The van der Waals surface area contributed by atoms with E-state index in [4.69, 9.17) is 4.42 Å². The summed E-state index contributed by atoms with van der Waals surface area (Å²) in [5.74, 6) is 1.24. The fourth-order valence-electron chi connectivity index (χ4n) is 1.48. The summed E-state index contributed by atoms with van der Waals surface area (Å²) < 4.78 is 5.24. The Morgan fingerprint density at radius 1 is 1.22 bits per heavy atom. The van der Waals surface area contributed by atoms with Gasteiger partial charge in [-0.15, -0.1) is 0 Å². The van der Waals surface area contributed by atoms with Crippen LogP contribution in [-0.4, -0.2) is 11.0 Å². The number of oxazole rings is 1. The van der Waals surface area contributed by atoms with Crippen LogP contribution in [0.3, 0.4) is 0 Å². The van der Waals surface area contributed by atoms with Gasteiger partial charge in [0, 0.05) is 6.54 Å². The van der Waals surface area contributed by atoms with Crippen LogP contribution >= 0.6 is 0 Å². The van der Waals surface area contributed by atoms with Gasteiger partial charge in [-0.05, 0) is 12.5 Å². The summed E-state index contributed by atoms with van der Waals surface area (Å²) in [5.41, 5.74) is 1.06. The molecule has 1 heterocycles. The minimum Gasteiger partial charge on any atom is -0.444 e. The number of urea groups is 1. The molecule has 0 fully saturated rings. The summed E-state index contributed by atoms with van der Waals surface area (Å²) >= 11 is 0. The van der Waals surface area contributed by atoms with Crippen LogP contribution in [0.4, 0.5) is 4.79 Å². The van der Waals surface area contributed by atoms with Gasteiger partial charge >= 0.3 is 6.03 Å². The summed E-state index contributed by atoms with van der Waals surface area (Å²) in [6.07, 6.45) is 1.62. The molecular weight excluding hydrogens is 230 g/mol. The summed E-state index contributed by atoms with van der Waals surface area (Å²) in [6.45, 7) is 2.59. The normalized spacial score (nSPS) is 10.1. The maximum absolute atomic E-state index is 11.5. The molecule has 1 aromatic carbocycles. The van der Waals surface area contributed by atoms with Gasteiger partial charge in [0.2, 0.25) is 5.89 Å². The number of carbonyl (C=O) groups excluding carboxylic acids is 1. The van der Waals surface area contributed by atoms with E-state index >= 15 is 0 Å². The standard InChI is InChI=1S/C13H15N3O2/c1-10-7-14-12(18-10)9-16-13(17)15-8-11-5-3-2-4-6-11/h2-7H,8-9H2,1H3,(H2,15,16,17). The molecule has 5 heteroatoms. The smallest absolute Gasteiger partial charge is 0.315 e. The monoisotopic (exact) mass is 245 g/mol. The molecule has 94 valence electrons. The Morgan fingerprint density at radius 2 is 1.94 bits per heavy atom. The van der Waals surface area contributed by atoms with E-state index in [-0.39, 0.29) is 12.6 Å². The number of nitrogens with zero attached hydrogens (tertiary/aromatic N) is 1. The van der Waals surface area contributed by atoms with E-state index in [0.717, 1.165) is 11.3 Å². The van der Waals surface area contributed by atoms with E-state index in [2.05, 4.69) is 15.6 Å². The summed E-state index contributed by atoms with van der Waals surface area (Å²) in [5, 5.41) is 5.43. The largest absolute Gasteiger partial charge is 0.444 e. The van der Waals surface area contributed by atoms with Crippen molar-refractivity contribution in [2.45, 2.75) is 20.0 Å². The molecule has 0 aliphatic heterocycles.